The van der Waals surface area contributed by atoms with E-state index in [0.717, 1.165) is 24.2 Å². The van der Waals surface area contributed by atoms with Crippen LogP contribution in [0.2, 0.25) is 0 Å². The molecule has 4 nitrogen and oxygen atoms in total. The van der Waals surface area contributed by atoms with Gasteiger partial charge in [0.25, 0.3) is 0 Å². The molecule has 1 aromatic rings. The van der Waals surface area contributed by atoms with Gasteiger partial charge in [-0.2, -0.15) is 0 Å². The fourth-order valence-electron chi connectivity index (χ4n) is 2.51. The highest BCUT2D eigenvalue weighted by atomic mass is 16.1. The molecule has 0 spiro atoms. The van der Waals surface area contributed by atoms with Crippen LogP contribution < -0.4 is 11.1 Å². The van der Waals surface area contributed by atoms with Crippen LogP contribution in [-0.4, -0.2) is 31.4 Å². The Bertz CT molecular complexity index is 443. The Labute approximate surface area is 128 Å². The molecule has 0 fully saturated rings. The summed E-state index contributed by atoms with van der Waals surface area (Å²) in [6.07, 6.45) is 1.48. The molecular formula is C17H29N3O. The highest BCUT2D eigenvalue weighted by molar-refractivity contribution is 5.91. The van der Waals surface area contributed by atoms with Gasteiger partial charge in [0.05, 0.1) is 0 Å². The summed E-state index contributed by atoms with van der Waals surface area (Å²) in [7, 11) is 4.04. The van der Waals surface area contributed by atoms with E-state index in [1.165, 1.54) is 0 Å². The van der Waals surface area contributed by atoms with Crippen molar-refractivity contribution in [3.63, 3.8) is 0 Å². The van der Waals surface area contributed by atoms with Gasteiger partial charge in [-0.05, 0) is 50.5 Å². The number of nitrogens with one attached hydrogen (secondary N) is 1. The Morgan fingerprint density at radius 2 is 1.95 bits per heavy atom. The molecule has 0 aliphatic heterocycles. The van der Waals surface area contributed by atoms with Gasteiger partial charge in [0, 0.05) is 18.7 Å². The molecule has 0 saturated carbocycles. The van der Waals surface area contributed by atoms with Gasteiger partial charge in [-0.3, -0.25) is 4.79 Å². The molecule has 0 bridgehead atoms. The van der Waals surface area contributed by atoms with Crippen LogP contribution in [0.1, 0.15) is 32.3 Å². The lowest BCUT2D eigenvalue weighted by molar-refractivity contribution is -0.117. The standard InChI is InChI=1S/C17H29N3O/c1-13(2)9-14(11-18)10-17(21)19-16-8-6-5-7-15(16)12-20(3)4/h5-8,13-14H,9-12,18H2,1-4H3,(H,19,21)/t14-/m0/s1. The zero-order chi connectivity index (χ0) is 15.8. The Morgan fingerprint density at radius 3 is 2.52 bits per heavy atom. The number of nitrogens with zero attached hydrogens (tertiary/aromatic N) is 1. The molecule has 0 aliphatic rings. The number of amides is 1. The summed E-state index contributed by atoms with van der Waals surface area (Å²) in [4.78, 5) is 14.3. The van der Waals surface area contributed by atoms with Gasteiger partial charge in [0.15, 0.2) is 0 Å². The summed E-state index contributed by atoms with van der Waals surface area (Å²) < 4.78 is 0. The van der Waals surface area contributed by atoms with Crippen LogP contribution >= 0.6 is 0 Å². The van der Waals surface area contributed by atoms with E-state index >= 15 is 0 Å². The van der Waals surface area contributed by atoms with Crippen LogP contribution in [0, 0.1) is 11.8 Å². The average Bonchev–Trinajstić information content (AvgIpc) is 2.39. The molecule has 0 saturated heterocycles. The van der Waals surface area contributed by atoms with Crippen molar-refractivity contribution < 1.29 is 4.79 Å². The normalized spacial score (nSPS) is 12.7. The number of anilines is 1. The summed E-state index contributed by atoms with van der Waals surface area (Å²) in [5.74, 6) is 0.871. The lowest BCUT2D eigenvalue weighted by Gasteiger charge is -2.18. The summed E-state index contributed by atoms with van der Waals surface area (Å²) in [6, 6.07) is 7.94. The minimum Gasteiger partial charge on any atom is -0.330 e. The van der Waals surface area contributed by atoms with Crippen LogP contribution in [0.5, 0.6) is 0 Å². The van der Waals surface area contributed by atoms with E-state index in [-0.39, 0.29) is 11.8 Å². The number of carbonyl (C=O) groups excluding carboxylic acids is 1. The molecular weight excluding hydrogens is 262 g/mol. The molecule has 0 radical (unpaired) electrons. The minimum atomic E-state index is 0.0531. The van der Waals surface area contributed by atoms with Crippen molar-refractivity contribution in [3.8, 4) is 0 Å². The molecule has 1 rings (SSSR count). The van der Waals surface area contributed by atoms with Crippen molar-refractivity contribution in [3.05, 3.63) is 29.8 Å². The highest BCUT2D eigenvalue weighted by Crippen LogP contribution is 2.19. The lowest BCUT2D eigenvalue weighted by atomic mass is 9.94. The molecule has 0 unspecified atom stereocenters. The number of carbonyl (C=O) groups is 1. The molecule has 4 heteroatoms. The van der Waals surface area contributed by atoms with E-state index in [9.17, 15) is 4.79 Å². The van der Waals surface area contributed by atoms with Gasteiger partial charge in [0.2, 0.25) is 5.91 Å². The summed E-state index contributed by atoms with van der Waals surface area (Å²) in [5, 5.41) is 3.03. The van der Waals surface area contributed by atoms with Crippen molar-refractivity contribution in [1.29, 1.82) is 0 Å². The second kappa shape index (κ2) is 8.80. The Balaban J connectivity index is 2.65. The van der Waals surface area contributed by atoms with Crippen LogP contribution in [0.15, 0.2) is 24.3 Å². The third-order valence-electron chi connectivity index (χ3n) is 3.39. The number of para-hydroxylation sites is 1. The zero-order valence-electron chi connectivity index (χ0n) is 13.7. The number of hydrogen-bond acceptors (Lipinski definition) is 3. The van der Waals surface area contributed by atoms with Gasteiger partial charge in [0.1, 0.15) is 0 Å². The monoisotopic (exact) mass is 291 g/mol. The van der Waals surface area contributed by atoms with E-state index in [1.54, 1.807) is 0 Å². The van der Waals surface area contributed by atoms with Crippen molar-refractivity contribution >= 4 is 11.6 Å². The molecule has 3 N–H and O–H groups in total. The molecule has 118 valence electrons. The number of nitrogens with two attached hydrogens (primary N) is 1. The maximum atomic E-state index is 12.2. The van der Waals surface area contributed by atoms with Crippen LogP contribution in [0.25, 0.3) is 0 Å². The summed E-state index contributed by atoms with van der Waals surface area (Å²) in [6.45, 7) is 5.69. The fraction of sp³-hybridized carbons (Fsp3) is 0.588. The van der Waals surface area contributed by atoms with Gasteiger partial charge in [-0.15, -0.1) is 0 Å². The van der Waals surface area contributed by atoms with Gasteiger partial charge in [-0.25, -0.2) is 0 Å². The largest absolute Gasteiger partial charge is 0.330 e. The Morgan fingerprint density at radius 1 is 1.29 bits per heavy atom. The van der Waals surface area contributed by atoms with E-state index in [1.807, 2.05) is 38.4 Å². The molecule has 0 aliphatic carbocycles. The number of benzene rings is 1. The van der Waals surface area contributed by atoms with E-state index in [0.29, 0.717) is 18.9 Å². The first-order chi connectivity index (χ1) is 9.92. The van der Waals surface area contributed by atoms with Crippen LogP contribution in [0.3, 0.4) is 0 Å². The Kier molecular flexibility index (Phi) is 7.40. The predicted octanol–water partition coefficient (Wildman–Crippen LogP) is 2.70. The van der Waals surface area contributed by atoms with Gasteiger partial charge in [-0.1, -0.05) is 32.0 Å². The summed E-state index contributed by atoms with van der Waals surface area (Å²) in [5.41, 5.74) is 7.80. The average molecular weight is 291 g/mol. The number of rotatable bonds is 8. The molecule has 1 amide bonds. The highest BCUT2D eigenvalue weighted by Gasteiger charge is 2.15. The van der Waals surface area contributed by atoms with Crippen molar-refractivity contribution in [2.24, 2.45) is 17.6 Å². The molecule has 1 atom stereocenters. The fourth-order valence-corrected chi connectivity index (χ4v) is 2.51. The minimum absolute atomic E-state index is 0.0531. The first-order valence-electron chi connectivity index (χ1n) is 7.65. The van der Waals surface area contributed by atoms with Crippen LogP contribution in [-0.2, 0) is 11.3 Å². The third-order valence-corrected chi connectivity index (χ3v) is 3.39. The van der Waals surface area contributed by atoms with E-state index in [4.69, 9.17) is 5.73 Å². The second-order valence-corrected chi connectivity index (χ2v) is 6.38. The maximum Gasteiger partial charge on any atom is 0.224 e. The predicted molar refractivity (Wildman–Crippen MR) is 89.1 cm³/mol. The number of hydrogen-bond donors (Lipinski definition) is 2. The molecule has 0 heterocycles. The molecule has 0 aromatic heterocycles. The third kappa shape index (κ3) is 6.74. The lowest BCUT2D eigenvalue weighted by Crippen LogP contribution is -2.24. The van der Waals surface area contributed by atoms with Crippen molar-refractivity contribution in [1.82, 2.24) is 4.90 Å². The zero-order valence-corrected chi connectivity index (χ0v) is 13.7. The van der Waals surface area contributed by atoms with Gasteiger partial charge >= 0.3 is 0 Å². The first kappa shape index (κ1) is 17.7. The smallest absolute Gasteiger partial charge is 0.224 e. The molecule has 1 aromatic carbocycles. The van der Waals surface area contributed by atoms with Gasteiger partial charge < -0.3 is 16.0 Å². The SMILES string of the molecule is CC(C)C[C@H](CN)CC(=O)Nc1ccccc1CN(C)C. The topological polar surface area (TPSA) is 58.4 Å². The quantitative estimate of drug-likeness (QED) is 0.774. The van der Waals surface area contributed by atoms with E-state index in [2.05, 4.69) is 24.1 Å². The summed E-state index contributed by atoms with van der Waals surface area (Å²) >= 11 is 0. The first-order valence-corrected chi connectivity index (χ1v) is 7.65. The van der Waals surface area contributed by atoms with Crippen molar-refractivity contribution in [2.75, 3.05) is 26.0 Å². The van der Waals surface area contributed by atoms with Crippen LogP contribution in [0.4, 0.5) is 5.69 Å². The second-order valence-electron chi connectivity index (χ2n) is 6.38. The van der Waals surface area contributed by atoms with E-state index < -0.39 is 0 Å². The maximum absolute atomic E-state index is 12.2. The Hall–Kier alpha value is -1.39. The van der Waals surface area contributed by atoms with Crippen molar-refractivity contribution in [2.45, 2.75) is 33.2 Å². The molecule has 21 heavy (non-hydrogen) atoms.